The van der Waals surface area contributed by atoms with E-state index in [1.165, 1.54) is 0 Å². The van der Waals surface area contributed by atoms with Gasteiger partial charge in [0.15, 0.2) is 0 Å². The van der Waals surface area contributed by atoms with E-state index in [1.54, 1.807) is 27.7 Å². The van der Waals surface area contributed by atoms with Crippen LogP contribution < -0.4 is 4.72 Å². The summed E-state index contributed by atoms with van der Waals surface area (Å²) in [5, 5.41) is 0. The summed E-state index contributed by atoms with van der Waals surface area (Å²) in [4.78, 5) is 11.3. The highest BCUT2D eigenvalue weighted by Crippen LogP contribution is 2.01. The van der Waals surface area contributed by atoms with Crippen LogP contribution in [0.15, 0.2) is 0 Å². The first-order valence-electron chi connectivity index (χ1n) is 4.63. The van der Waals surface area contributed by atoms with Gasteiger partial charge in [0, 0.05) is 13.1 Å². The second-order valence-corrected chi connectivity index (χ2v) is 5.41. The smallest absolute Gasteiger partial charge is 0.424 e. The van der Waals surface area contributed by atoms with Crippen molar-refractivity contribution in [3.63, 3.8) is 0 Å². The first-order valence-corrected chi connectivity index (χ1v) is 6.07. The van der Waals surface area contributed by atoms with E-state index in [0.29, 0.717) is 4.31 Å². The molecule has 0 atom stereocenters. The van der Waals surface area contributed by atoms with E-state index in [1.807, 2.05) is 0 Å². The number of nitrogens with zero attached hydrogens (tertiary/aromatic N) is 1. The highest BCUT2D eigenvalue weighted by molar-refractivity contribution is 7.87. The molecular weight excluding hydrogens is 220 g/mol. The van der Waals surface area contributed by atoms with Crippen LogP contribution in [0.4, 0.5) is 4.79 Å². The summed E-state index contributed by atoms with van der Waals surface area (Å²) in [7, 11) is -2.65. The van der Waals surface area contributed by atoms with Crippen molar-refractivity contribution in [1.29, 1.82) is 0 Å². The summed E-state index contributed by atoms with van der Waals surface area (Å²) in [5.74, 6) is 0. The third-order valence-electron chi connectivity index (χ3n) is 1.34. The lowest BCUT2D eigenvalue weighted by Gasteiger charge is -2.20. The van der Waals surface area contributed by atoms with Gasteiger partial charge in [-0.05, 0) is 27.7 Å². The molecule has 0 spiro atoms. The predicted molar refractivity (Wildman–Crippen MR) is 56.6 cm³/mol. The average Bonchev–Trinajstić information content (AvgIpc) is 1.98. The van der Waals surface area contributed by atoms with Crippen LogP contribution in [0.2, 0.25) is 0 Å². The van der Waals surface area contributed by atoms with Crippen molar-refractivity contribution in [2.45, 2.75) is 39.8 Å². The minimum atomic E-state index is -3.80. The molecule has 6 nitrogen and oxygen atoms in total. The van der Waals surface area contributed by atoms with E-state index in [-0.39, 0.29) is 12.1 Å². The molecule has 0 fully saturated rings. The molecule has 0 unspecified atom stereocenters. The molecule has 0 saturated carbocycles. The molecule has 0 aliphatic rings. The number of carbonyl (C=O) groups excluding carboxylic acids is 1. The van der Waals surface area contributed by atoms with E-state index < -0.39 is 16.3 Å². The molecule has 0 bridgehead atoms. The molecule has 0 heterocycles. The standard InChI is InChI=1S/C8H18N2O4S/c1-6(2)9-15(12,13)10(5)8(11)14-7(3)4/h6-7,9H,1-5H3. The second kappa shape index (κ2) is 5.32. The van der Waals surface area contributed by atoms with E-state index in [9.17, 15) is 13.2 Å². The van der Waals surface area contributed by atoms with Crippen molar-refractivity contribution in [3.05, 3.63) is 0 Å². The normalized spacial score (nSPS) is 11.9. The number of nitrogens with one attached hydrogen (secondary N) is 1. The van der Waals surface area contributed by atoms with Crippen molar-refractivity contribution in [2.24, 2.45) is 0 Å². The van der Waals surface area contributed by atoms with Crippen molar-refractivity contribution < 1.29 is 17.9 Å². The van der Waals surface area contributed by atoms with Crippen molar-refractivity contribution in [1.82, 2.24) is 9.03 Å². The third kappa shape index (κ3) is 4.98. The molecule has 15 heavy (non-hydrogen) atoms. The lowest BCUT2D eigenvalue weighted by atomic mass is 10.4. The van der Waals surface area contributed by atoms with Gasteiger partial charge >= 0.3 is 16.3 Å². The van der Waals surface area contributed by atoms with Crippen LogP contribution in [0, 0.1) is 0 Å². The number of amides is 1. The Kier molecular flexibility index (Phi) is 5.02. The maximum absolute atomic E-state index is 11.5. The van der Waals surface area contributed by atoms with Crippen molar-refractivity contribution in [2.75, 3.05) is 7.05 Å². The number of ether oxygens (including phenoxy) is 1. The van der Waals surface area contributed by atoms with Gasteiger partial charge < -0.3 is 4.74 Å². The van der Waals surface area contributed by atoms with Crippen LogP contribution in [0.3, 0.4) is 0 Å². The molecule has 0 aromatic carbocycles. The molecule has 1 amide bonds. The monoisotopic (exact) mass is 238 g/mol. The maximum Gasteiger partial charge on any atom is 0.424 e. The highest BCUT2D eigenvalue weighted by Gasteiger charge is 2.25. The molecule has 0 radical (unpaired) electrons. The minimum Gasteiger partial charge on any atom is -0.446 e. The Morgan fingerprint density at radius 3 is 2.07 bits per heavy atom. The van der Waals surface area contributed by atoms with Gasteiger partial charge in [0.1, 0.15) is 0 Å². The summed E-state index contributed by atoms with van der Waals surface area (Å²) in [6.45, 7) is 6.63. The zero-order chi connectivity index (χ0) is 12.2. The number of rotatable bonds is 4. The molecule has 0 aromatic heterocycles. The summed E-state index contributed by atoms with van der Waals surface area (Å²) in [6, 6.07) is -0.274. The van der Waals surface area contributed by atoms with E-state index in [2.05, 4.69) is 4.72 Å². The molecule has 0 rings (SSSR count). The van der Waals surface area contributed by atoms with Gasteiger partial charge in [-0.2, -0.15) is 17.4 Å². The largest absolute Gasteiger partial charge is 0.446 e. The topological polar surface area (TPSA) is 75.7 Å². The minimum absolute atomic E-state index is 0.274. The highest BCUT2D eigenvalue weighted by atomic mass is 32.2. The molecule has 7 heteroatoms. The van der Waals surface area contributed by atoms with Gasteiger partial charge in [-0.25, -0.2) is 4.79 Å². The van der Waals surface area contributed by atoms with Crippen LogP contribution in [-0.4, -0.2) is 38.0 Å². The van der Waals surface area contributed by atoms with Crippen molar-refractivity contribution in [3.8, 4) is 0 Å². The fraction of sp³-hybridized carbons (Fsp3) is 0.875. The lowest BCUT2D eigenvalue weighted by Crippen LogP contribution is -2.45. The van der Waals surface area contributed by atoms with Gasteiger partial charge in [0.05, 0.1) is 6.10 Å². The first-order chi connectivity index (χ1) is 6.66. The molecule has 0 saturated heterocycles. The average molecular weight is 238 g/mol. The summed E-state index contributed by atoms with van der Waals surface area (Å²) >= 11 is 0. The van der Waals surface area contributed by atoms with Gasteiger partial charge in [-0.1, -0.05) is 0 Å². The maximum atomic E-state index is 11.5. The second-order valence-electron chi connectivity index (χ2n) is 3.68. The lowest BCUT2D eigenvalue weighted by molar-refractivity contribution is 0.101. The molecule has 0 aliphatic heterocycles. The van der Waals surface area contributed by atoms with Crippen molar-refractivity contribution >= 4 is 16.3 Å². The Labute approximate surface area is 90.8 Å². The third-order valence-corrected chi connectivity index (χ3v) is 2.98. The van der Waals surface area contributed by atoms with Crippen LogP contribution in [0.25, 0.3) is 0 Å². The van der Waals surface area contributed by atoms with Crippen LogP contribution in [0.5, 0.6) is 0 Å². The summed E-state index contributed by atoms with van der Waals surface area (Å²) in [5.41, 5.74) is 0. The van der Waals surface area contributed by atoms with Crippen LogP contribution in [-0.2, 0) is 14.9 Å². The zero-order valence-electron chi connectivity index (χ0n) is 9.64. The fourth-order valence-electron chi connectivity index (χ4n) is 0.751. The molecule has 0 aromatic rings. The van der Waals surface area contributed by atoms with Gasteiger partial charge in [-0.3, -0.25) is 0 Å². The zero-order valence-corrected chi connectivity index (χ0v) is 10.5. The molecular formula is C8H18N2O4S. The number of hydrogen-bond acceptors (Lipinski definition) is 4. The first kappa shape index (κ1) is 14.2. The quantitative estimate of drug-likeness (QED) is 0.782. The number of hydrogen-bond donors (Lipinski definition) is 1. The van der Waals surface area contributed by atoms with Crippen LogP contribution in [0.1, 0.15) is 27.7 Å². The Balaban J connectivity index is 4.56. The summed E-state index contributed by atoms with van der Waals surface area (Å²) < 4.78 is 30.5. The van der Waals surface area contributed by atoms with E-state index in [0.717, 1.165) is 7.05 Å². The fourth-order valence-corrected chi connectivity index (χ4v) is 1.74. The Hall–Kier alpha value is -0.820. The van der Waals surface area contributed by atoms with Gasteiger partial charge in [0.2, 0.25) is 0 Å². The Bertz CT molecular complexity index is 311. The number of carbonyl (C=O) groups is 1. The van der Waals surface area contributed by atoms with Gasteiger partial charge in [0.25, 0.3) is 0 Å². The molecule has 90 valence electrons. The van der Waals surface area contributed by atoms with Gasteiger partial charge in [-0.15, -0.1) is 0 Å². The van der Waals surface area contributed by atoms with E-state index in [4.69, 9.17) is 4.74 Å². The van der Waals surface area contributed by atoms with E-state index >= 15 is 0 Å². The Morgan fingerprint density at radius 2 is 1.73 bits per heavy atom. The Morgan fingerprint density at radius 1 is 1.27 bits per heavy atom. The molecule has 1 N–H and O–H groups in total. The molecule has 0 aliphatic carbocycles. The predicted octanol–water partition coefficient (Wildman–Crippen LogP) is 0.706. The SMILES string of the molecule is CC(C)NS(=O)(=O)N(C)C(=O)OC(C)C. The van der Waals surface area contributed by atoms with Crippen LogP contribution >= 0.6 is 0 Å². The summed E-state index contributed by atoms with van der Waals surface area (Å²) in [6.07, 6.45) is -1.24.